The standard InChI is InChI=1S/C26H34N4O5/c1-2-34-18-23(31)30-13-11-21(12-14-30)24(25(32)28-22-10-6-9-20(15-22)16-27)29-26(33)35-17-19-7-4-3-5-8-19/h3-10,15,21,24H,2,11-14,16-18,27H2,1H3,(H,28,32)(H,29,33)/t24-/m0/s1. The second-order valence-corrected chi connectivity index (χ2v) is 8.43. The van der Waals surface area contributed by atoms with Crippen LogP contribution in [0.25, 0.3) is 0 Å². The van der Waals surface area contributed by atoms with E-state index in [1.165, 1.54) is 0 Å². The van der Waals surface area contributed by atoms with Gasteiger partial charge in [0.15, 0.2) is 0 Å². The third-order valence-corrected chi connectivity index (χ3v) is 5.99. The maximum absolute atomic E-state index is 13.3. The van der Waals surface area contributed by atoms with Crippen LogP contribution >= 0.6 is 0 Å². The lowest BCUT2D eigenvalue weighted by Crippen LogP contribution is -2.52. The van der Waals surface area contributed by atoms with Crippen LogP contribution in [-0.2, 0) is 32.2 Å². The smallest absolute Gasteiger partial charge is 0.408 e. The average Bonchev–Trinajstić information content (AvgIpc) is 2.90. The molecule has 0 bridgehead atoms. The van der Waals surface area contributed by atoms with Gasteiger partial charge in [-0.3, -0.25) is 9.59 Å². The number of carbonyl (C=O) groups excluding carboxylic acids is 3. The van der Waals surface area contributed by atoms with Crippen molar-refractivity contribution in [1.82, 2.24) is 10.2 Å². The van der Waals surface area contributed by atoms with Gasteiger partial charge in [0.05, 0.1) is 0 Å². The van der Waals surface area contributed by atoms with E-state index in [-0.39, 0.29) is 30.9 Å². The first-order valence-electron chi connectivity index (χ1n) is 11.9. The second kappa shape index (κ2) is 13.5. The topological polar surface area (TPSA) is 123 Å². The van der Waals surface area contributed by atoms with Gasteiger partial charge < -0.3 is 30.7 Å². The third-order valence-electron chi connectivity index (χ3n) is 5.99. The Kier molecular flexibility index (Phi) is 10.1. The molecule has 0 unspecified atom stereocenters. The van der Waals surface area contributed by atoms with Gasteiger partial charge in [0.25, 0.3) is 0 Å². The molecular weight excluding hydrogens is 448 g/mol. The highest BCUT2D eigenvalue weighted by Gasteiger charge is 2.34. The number of rotatable bonds is 10. The summed E-state index contributed by atoms with van der Waals surface area (Å²) in [5.41, 5.74) is 8.05. The van der Waals surface area contributed by atoms with Crippen molar-refractivity contribution in [3.05, 3.63) is 65.7 Å². The van der Waals surface area contributed by atoms with Crippen molar-refractivity contribution in [1.29, 1.82) is 0 Å². The van der Waals surface area contributed by atoms with Crippen LogP contribution < -0.4 is 16.4 Å². The summed E-state index contributed by atoms with van der Waals surface area (Å²) in [6.07, 6.45) is 0.467. The van der Waals surface area contributed by atoms with Gasteiger partial charge in [-0.25, -0.2) is 4.79 Å². The molecule has 1 fully saturated rings. The minimum atomic E-state index is -0.816. The lowest BCUT2D eigenvalue weighted by Gasteiger charge is -2.35. The molecule has 1 aliphatic heterocycles. The third kappa shape index (κ3) is 8.08. The molecular formula is C26H34N4O5. The van der Waals surface area contributed by atoms with E-state index in [0.717, 1.165) is 11.1 Å². The molecule has 188 valence electrons. The van der Waals surface area contributed by atoms with Crippen molar-refractivity contribution in [2.24, 2.45) is 11.7 Å². The monoisotopic (exact) mass is 482 g/mol. The van der Waals surface area contributed by atoms with Gasteiger partial charge >= 0.3 is 6.09 Å². The zero-order valence-corrected chi connectivity index (χ0v) is 20.1. The van der Waals surface area contributed by atoms with Crippen LogP contribution in [0.4, 0.5) is 10.5 Å². The van der Waals surface area contributed by atoms with Gasteiger partial charge in [-0.15, -0.1) is 0 Å². The normalized spacial score (nSPS) is 14.7. The van der Waals surface area contributed by atoms with Crippen LogP contribution in [0.1, 0.15) is 30.9 Å². The van der Waals surface area contributed by atoms with E-state index >= 15 is 0 Å². The zero-order valence-electron chi connectivity index (χ0n) is 20.1. The van der Waals surface area contributed by atoms with Crippen molar-refractivity contribution >= 4 is 23.6 Å². The number of nitrogens with one attached hydrogen (secondary N) is 2. The van der Waals surface area contributed by atoms with Crippen LogP contribution in [0, 0.1) is 5.92 Å². The Hall–Kier alpha value is -3.43. The van der Waals surface area contributed by atoms with Crippen molar-refractivity contribution < 1.29 is 23.9 Å². The highest BCUT2D eigenvalue weighted by atomic mass is 16.5. The number of anilines is 1. The van der Waals surface area contributed by atoms with E-state index in [4.69, 9.17) is 15.2 Å². The van der Waals surface area contributed by atoms with Crippen molar-refractivity contribution in [3.8, 4) is 0 Å². The van der Waals surface area contributed by atoms with Crippen molar-refractivity contribution in [2.75, 3.05) is 31.6 Å². The first kappa shape index (κ1) is 26.2. The van der Waals surface area contributed by atoms with Crippen LogP contribution in [0.2, 0.25) is 0 Å². The van der Waals surface area contributed by atoms with E-state index in [0.29, 0.717) is 44.8 Å². The SMILES string of the molecule is CCOCC(=O)N1CCC([C@H](NC(=O)OCc2ccccc2)C(=O)Nc2cccc(CN)c2)CC1. The Morgan fingerprint density at radius 1 is 1.06 bits per heavy atom. The van der Waals surface area contributed by atoms with E-state index in [9.17, 15) is 14.4 Å². The van der Waals surface area contributed by atoms with Gasteiger partial charge in [0.2, 0.25) is 11.8 Å². The molecule has 3 amide bonds. The molecule has 1 heterocycles. The van der Waals surface area contributed by atoms with Crippen molar-refractivity contribution in [3.63, 3.8) is 0 Å². The van der Waals surface area contributed by atoms with Gasteiger partial charge in [0, 0.05) is 31.9 Å². The molecule has 35 heavy (non-hydrogen) atoms. The largest absolute Gasteiger partial charge is 0.445 e. The molecule has 0 saturated carbocycles. The van der Waals surface area contributed by atoms with Crippen molar-refractivity contribution in [2.45, 2.75) is 39.0 Å². The minimum absolute atomic E-state index is 0.0482. The molecule has 2 aromatic rings. The summed E-state index contributed by atoms with van der Waals surface area (Å²) in [5.74, 6) is -0.567. The number of likely N-dealkylation sites (tertiary alicyclic amines) is 1. The average molecular weight is 483 g/mol. The Morgan fingerprint density at radius 3 is 2.46 bits per heavy atom. The molecule has 0 radical (unpaired) electrons. The maximum atomic E-state index is 13.3. The summed E-state index contributed by atoms with van der Waals surface area (Å²) in [6.45, 7) is 3.80. The van der Waals surface area contributed by atoms with E-state index in [1.807, 2.05) is 49.4 Å². The number of hydrogen-bond acceptors (Lipinski definition) is 6. The van der Waals surface area contributed by atoms with Crippen LogP contribution in [0.3, 0.4) is 0 Å². The van der Waals surface area contributed by atoms with Crippen LogP contribution in [0.15, 0.2) is 54.6 Å². The number of ether oxygens (including phenoxy) is 2. The summed E-state index contributed by atoms with van der Waals surface area (Å²) in [5, 5.41) is 5.65. The first-order chi connectivity index (χ1) is 17.0. The number of nitrogens with two attached hydrogens (primary N) is 1. The fourth-order valence-corrected chi connectivity index (χ4v) is 4.05. The van der Waals surface area contributed by atoms with E-state index in [2.05, 4.69) is 10.6 Å². The summed E-state index contributed by atoms with van der Waals surface area (Å²) < 4.78 is 10.6. The molecule has 0 spiro atoms. The summed E-state index contributed by atoms with van der Waals surface area (Å²) in [7, 11) is 0. The summed E-state index contributed by atoms with van der Waals surface area (Å²) in [4.78, 5) is 39.9. The highest BCUT2D eigenvalue weighted by molar-refractivity contribution is 5.96. The molecule has 2 aromatic carbocycles. The van der Waals surface area contributed by atoms with Gasteiger partial charge in [-0.05, 0) is 48.9 Å². The molecule has 1 saturated heterocycles. The lowest BCUT2D eigenvalue weighted by molar-refractivity contribution is -0.137. The summed E-state index contributed by atoms with van der Waals surface area (Å²) >= 11 is 0. The van der Waals surface area contributed by atoms with Crippen LogP contribution in [0.5, 0.6) is 0 Å². The molecule has 9 heteroatoms. The first-order valence-corrected chi connectivity index (χ1v) is 11.9. The zero-order chi connectivity index (χ0) is 25.0. The fourth-order valence-electron chi connectivity index (χ4n) is 4.05. The number of alkyl carbamates (subject to hydrolysis) is 1. The lowest BCUT2D eigenvalue weighted by atomic mass is 9.88. The van der Waals surface area contributed by atoms with Crippen LogP contribution in [-0.4, -0.2) is 55.2 Å². The number of benzene rings is 2. The molecule has 0 aromatic heterocycles. The quantitative estimate of drug-likeness (QED) is 0.478. The van der Waals surface area contributed by atoms with Gasteiger partial charge in [-0.1, -0.05) is 42.5 Å². The number of piperidine rings is 1. The maximum Gasteiger partial charge on any atom is 0.408 e. The molecule has 3 rings (SSSR count). The van der Waals surface area contributed by atoms with Gasteiger partial charge in [-0.2, -0.15) is 0 Å². The Balaban J connectivity index is 1.65. The predicted molar refractivity (Wildman–Crippen MR) is 132 cm³/mol. The van der Waals surface area contributed by atoms with E-state index < -0.39 is 12.1 Å². The Labute approximate surface area is 206 Å². The molecule has 9 nitrogen and oxygen atoms in total. The number of nitrogens with zero attached hydrogens (tertiary/aromatic N) is 1. The Morgan fingerprint density at radius 2 is 1.77 bits per heavy atom. The minimum Gasteiger partial charge on any atom is -0.445 e. The summed E-state index contributed by atoms with van der Waals surface area (Å²) in [6, 6.07) is 15.8. The molecule has 1 aliphatic rings. The number of hydrogen-bond donors (Lipinski definition) is 3. The number of carbonyl (C=O) groups is 3. The highest BCUT2D eigenvalue weighted by Crippen LogP contribution is 2.23. The molecule has 1 atom stereocenters. The predicted octanol–water partition coefficient (Wildman–Crippen LogP) is 2.65. The van der Waals surface area contributed by atoms with E-state index in [1.54, 1.807) is 17.0 Å². The fraction of sp³-hybridized carbons (Fsp3) is 0.423. The molecule has 0 aliphatic carbocycles. The number of amides is 3. The second-order valence-electron chi connectivity index (χ2n) is 8.43. The molecule has 4 N–H and O–H groups in total. The Bertz CT molecular complexity index is 977. The van der Waals surface area contributed by atoms with Gasteiger partial charge in [0.1, 0.15) is 19.3 Å².